The molecule has 2 aromatic heterocycles. The summed E-state index contributed by atoms with van der Waals surface area (Å²) in [4.78, 5) is 8.33. The van der Waals surface area contributed by atoms with E-state index in [0.717, 1.165) is 5.82 Å². The molecule has 2 aromatic rings. The molecule has 0 radical (unpaired) electrons. The van der Waals surface area contributed by atoms with E-state index >= 15 is 0 Å². The van der Waals surface area contributed by atoms with Gasteiger partial charge in [-0.3, -0.25) is 9.29 Å². The van der Waals surface area contributed by atoms with Crippen molar-refractivity contribution in [1.29, 1.82) is 0 Å². The molecule has 0 amide bonds. The van der Waals surface area contributed by atoms with Crippen molar-refractivity contribution in [2.45, 2.75) is 26.0 Å². The quantitative estimate of drug-likeness (QED) is 0.925. The van der Waals surface area contributed by atoms with Crippen LogP contribution in [-0.4, -0.2) is 28.2 Å². The van der Waals surface area contributed by atoms with Gasteiger partial charge in [0.2, 0.25) is 10.0 Å². The van der Waals surface area contributed by atoms with Crippen molar-refractivity contribution in [3.8, 4) is 5.82 Å². The molecule has 0 fully saturated rings. The van der Waals surface area contributed by atoms with Crippen LogP contribution in [0.15, 0.2) is 30.7 Å². The first-order chi connectivity index (χ1) is 8.90. The van der Waals surface area contributed by atoms with Gasteiger partial charge in [-0.25, -0.2) is 18.4 Å². The van der Waals surface area contributed by atoms with Gasteiger partial charge in [-0.15, -0.1) is 0 Å². The zero-order valence-electron chi connectivity index (χ0n) is 11.0. The van der Waals surface area contributed by atoms with Crippen LogP contribution in [0.25, 0.3) is 5.82 Å². The molecule has 0 aliphatic carbocycles. The molecule has 2 heterocycles. The number of imidazole rings is 1. The Kier molecular flexibility index (Phi) is 3.57. The highest BCUT2D eigenvalue weighted by atomic mass is 32.2. The Morgan fingerprint density at radius 2 is 2.00 bits per heavy atom. The van der Waals surface area contributed by atoms with Gasteiger partial charge in [0.25, 0.3) is 0 Å². The van der Waals surface area contributed by atoms with Gasteiger partial charge in [-0.05, 0) is 32.9 Å². The van der Waals surface area contributed by atoms with Gasteiger partial charge in [-0.2, -0.15) is 0 Å². The lowest BCUT2D eigenvalue weighted by Crippen LogP contribution is -2.22. The Morgan fingerprint density at radius 3 is 2.47 bits per heavy atom. The fraction of sp³-hybridized carbons (Fsp3) is 0.333. The van der Waals surface area contributed by atoms with E-state index in [1.807, 2.05) is 11.5 Å². The minimum Gasteiger partial charge on any atom is -0.288 e. The SMILES string of the molecule is Cc1nccn1-c1ccc(NS(=O)(=O)C(C)C)cn1. The molecule has 0 bridgehead atoms. The van der Waals surface area contributed by atoms with Crippen molar-refractivity contribution in [3.05, 3.63) is 36.5 Å². The van der Waals surface area contributed by atoms with Gasteiger partial charge in [0.15, 0.2) is 0 Å². The number of rotatable bonds is 4. The molecule has 6 nitrogen and oxygen atoms in total. The van der Waals surface area contributed by atoms with Gasteiger partial charge >= 0.3 is 0 Å². The molecule has 2 rings (SSSR count). The van der Waals surface area contributed by atoms with Crippen molar-refractivity contribution in [2.75, 3.05) is 4.72 Å². The highest BCUT2D eigenvalue weighted by molar-refractivity contribution is 7.93. The van der Waals surface area contributed by atoms with Gasteiger partial charge in [0.1, 0.15) is 11.6 Å². The van der Waals surface area contributed by atoms with Crippen LogP contribution in [0.1, 0.15) is 19.7 Å². The Morgan fingerprint density at radius 1 is 1.26 bits per heavy atom. The van der Waals surface area contributed by atoms with E-state index in [9.17, 15) is 8.42 Å². The zero-order chi connectivity index (χ0) is 14.0. The molecule has 0 atom stereocenters. The van der Waals surface area contributed by atoms with E-state index in [4.69, 9.17) is 0 Å². The van der Waals surface area contributed by atoms with Gasteiger partial charge in [0.05, 0.1) is 17.1 Å². The van der Waals surface area contributed by atoms with Gasteiger partial charge in [0, 0.05) is 12.4 Å². The Bertz CT molecular complexity index is 659. The van der Waals surface area contributed by atoms with Crippen molar-refractivity contribution in [3.63, 3.8) is 0 Å². The lowest BCUT2D eigenvalue weighted by atomic mass is 10.4. The summed E-state index contributed by atoms with van der Waals surface area (Å²) in [6, 6.07) is 3.43. The Balaban J connectivity index is 2.23. The minimum atomic E-state index is -3.34. The summed E-state index contributed by atoms with van der Waals surface area (Å²) >= 11 is 0. The Labute approximate surface area is 112 Å². The summed E-state index contributed by atoms with van der Waals surface area (Å²) in [5.74, 6) is 1.52. The van der Waals surface area contributed by atoms with E-state index in [1.54, 1.807) is 38.4 Å². The molecule has 7 heteroatoms. The summed E-state index contributed by atoms with van der Waals surface area (Å²) in [5, 5.41) is -0.483. The second-order valence-corrected chi connectivity index (χ2v) is 6.68. The summed E-state index contributed by atoms with van der Waals surface area (Å²) in [6.07, 6.45) is 4.98. The second kappa shape index (κ2) is 5.00. The smallest absolute Gasteiger partial charge is 0.235 e. The van der Waals surface area contributed by atoms with E-state index < -0.39 is 15.3 Å². The van der Waals surface area contributed by atoms with E-state index in [2.05, 4.69) is 14.7 Å². The molecule has 0 aromatic carbocycles. The molecule has 0 saturated carbocycles. The van der Waals surface area contributed by atoms with Gasteiger partial charge in [-0.1, -0.05) is 0 Å². The van der Waals surface area contributed by atoms with Crippen LogP contribution < -0.4 is 4.72 Å². The summed E-state index contributed by atoms with van der Waals surface area (Å²) in [6.45, 7) is 5.12. The van der Waals surface area contributed by atoms with Crippen molar-refractivity contribution >= 4 is 15.7 Å². The highest BCUT2D eigenvalue weighted by Crippen LogP contribution is 2.14. The summed E-state index contributed by atoms with van der Waals surface area (Å²) in [7, 11) is -3.34. The van der Waals surface area contributed by atoms with E-state index in [0.29, 0.717) is 11.5 Å². The van der Waals surface area contributed by atoms with Crippen LogP contribution in [0.5, 0.6) is 0 Å². The summed E-state index contributed by atoms with van der Waals surface area (Å²) in [5.41, 5.74) is 0.454. The van der Waals surface area contributed by atoms with Crippen molar-refractivity contribution in [1.82, 2.24) is 14.5 Å². The molecule has 1 N–H and O–H groups in total. The number of sulfonamides is 1. The third-order valence-electron chi connectivity index (χ3n) is 2.70. The van der Waals surface area contributed by atoms with Crippen LogP contribution in [0.2, 0.25) is 0 Å². The first-order valence-electron chi connectivity index (χ1n) is 5.88. The van der Waals surface area contributed by atoms with Crippen LogP contribution in [-0.2, 0) is 10.0 Å². The molecule has 0 spiro atoms. The van der Waals surface area contributed by atoms with Gasteiger partial charge < -0.3 is 0 Å². The maximum atomic E-state index is 11.7. The first-order valence-corrected chi connectivity index (χ1v) is 7.43. The lowest BCUT2D eigenvalue weighted by molar-refractivity contribution is 0.592. The van der Waals surface area contributed by atoms with E-state index in [1.165, 1.54) is 6.20 Å². The molecule has 0 saturated heterocycles. The summed E-state index contributed by atoms with van der Waals surface area (Å²) < 4.78 is 27.7. The average molecular weight is 280 g/mol. The molecule has 102 valence electrons. The normalized spacial score (nSPS) is 11.8. The zero-order valence-corrected chi connectivity index (χ0v) is 11.8. The molecular formula is C12H16N4O2S. The maximum absolute atomic E-state index is 11.7. The topological polar surface area (TPSA) is 76.9 Å². The maximum Gasteiger partial charge on any atom is 0.235 e. The predicted octanol–water partition coefficient (Wildman–Crippen LogP) is 1.73. The largest absolute Gasteiger partial charge is 0.288 e. The number of pyridine rings is 1. The number of aryl methyl sites for hydroxylation is 1. The molecule has 0 aliphatic heterocycles. The van der Waals surface area contributed by atoms with Crippen LogP contribution in [0.3, 0.4) is 0 Å². The lowest BCUT2D eigenvalue weighted by Gasteiger charge is -2.11. The average Bonchev–Trinajstić information content (AvgIpc) is 2.76. The minimum absolute atomic E-state index is 0.454. The Hall–Kier alpha value is -1.89. The van der Waals surface area contributed by atoms with Crippen molar-refractivity contribution in [2.24, 2.45) is 0 Å². The number of hydrogen-bond acceptors (Lipinski definition) is 4. The van der Waals surface area contributed by atoms with Crippen LogP contribution in [0.4, 0.5) is 5.69 Å². The van der Waals surface area contributed by atoms with E-state index in [-0.39, 0.29) is 0 Å². The fourth-order valence-electron chi connectivity index (χ4n) is 1.49. The standard InChI is InChI=1S/C12H16N4O2S/c1-9(2)19(17,18)15-11-4-5-12(14-8-11)16-7-6-13-10(16)3/h4-9,15H,1-3H3. The van der Waals surface area contributed by atoms with Crippen LogP contribution >= 0.6 is 0 Å². The fourth-order valence-corrected chi connectivity index (χ4v) is 2.18. The molecule has 19 heavy (non-hydrogen) atoms. The predicted molar refractivity (Wildman–Crippen MR) is 73.8 cm³/mol. The second-order valence-electron chi connectivity index (χ2n) is 4.45. The monoisotopic (exact) mass is 280 g/mol. The number of aromatic nitrogens is 3. The third-order valence-corrected chi connectivity index (χ3v) is 4.46. The molecule has 0 unspecified atom stereocenters. The number of nitrogens with zero attached hydrogens (tertiary/aromatic N) is 3. The first kappa shape index (κ1) is 13.5. The van der Waals surface area contributed by atoms with Crippen molar-refractivity contribution < 1.29 is 8.42 Å². The highest BCUT2D eigenvalue weighted by Gasteiger charge is 2.15. The van der Waals surface area contributed by atoms with Crippen LogP contribution in [0, 0.1) is 6.92 Å². The third kappa shape index (κ3) is 2.93. The molecular weight excluding hydrogens is 264 g/mol. The number of anilines is 1. The molecule has 0 aliphatic rings. The number of hydrogen-bond donors (Lipinski definition) is 1. The number of nitrogens with one attached hydrogen (secondary N) is 1.